The van der Waals surface area contributed by atoms with Crippen LogP contribution < -0.4 is 10.9 Å². The molecule has 0 unspecified atom stereocenters. The van der Waals surface area contributed by atoms with Crippen molar-refractivity contribution in [2.24, 2.45) is 5.92 Å². The first-order valence-corrected chi connectivity index (χ1v) is 12.4. The number of anilines is 1. The van der Waals surface area contributed by atoms with Crippen molar-refractivity contribution in [3.8, 4) is 0 Å². The average molecular weight is 498 g/mol. The number of aromatic nitrogens is 2. The molecule has 35 heavy (non-hydrogen) atoms. The molecule has 1 N–H and O–H groups in total. The van der Waals surface area contributed by atoms with Gasteiger partial charge in [0.15, 0.2) is 12.3 Å². The fourth-order valence-corrected chi connectivity index (χ4v) is 4.84. The summed E-state index contributed by atoms with van der Waals surface area (Å²) in [4.78, 5) is 50.7. The van der Waals surface area contributed by atoms with Gasteiger partial charge in [-0.05, 0) is 48.6 Å². The molecule has 1 aromatic carbocycles. The Balaban J connectivity index is 1.51. The minimum absolute atomic E-state index is 0.0343. The number of thiophene rings is 1. The van der Waals surface area contributed by atoms with Crippen LogP contribution in [-0.4, -0.2) is 40.8 Å². The fourth-order valence-electron chi connectivity index (χ4n) is 3.79. The van der Waals surface area contributed by atoms with E-state index in [1.807, 2.05) is 19.2 Å². The van der Waals surface area contributed by atoms with Crippen LogP contribution in [0.1, 0.15) is 65.9 Å². The van der Waals surface area contributed by atoms with E-state index in [0.29, 0.717) is 33.8 Å². The molecule has 1 amide bonds. The van der Waals surface area contributed by atoms with E-state index in [-0.39, 0.29) is 23.8 Å². The SMILES string of the molecule is CCOC(=O)c1c(C2CC2)csc1NC(=O)COC(=O)c1nn(CC(C)C)c(=O)c2ccccc12. The quantitative estimate of drug-likeness (QED) is 0.445. The summed E-state index contributed by atoms with van der Waals surface area (Å²) >= 11 is 1.25. The number of nitrogens with zero attached hydrogens (tertiary/aromatic N) is 2. The van der Waals surface area contributed by atoms with Crippen LogP contribution >= 0.6 is 11.3 Å². The zero-order valence-electron chi connectivity index (χ0n) is 19.8. The van der Waals surface area contributed by atoms with Gasteiger partial charge in [-0.1, -0.05) is 32.0 Å². The van der Waals surface area contributed by atoms with Gasteiger partial charge < -0.3 is 14.8 Å². The summed E-state index contributed by atoms with van der Waals surface area (Å²) in [5, 5.41) is 9.85. The van der Waals surface area contributed by atoms with E-state index in [1.54, 1.807) is 31.2 Å². The predicted molar refractivity (Wildman–Crippen MR) is 132 cm³/mol. The zero-order chi connectivity index (χ0) is 25.1. The number of ether oxygens (including phenoxy) is 2. The van der Waals surface area contributed by atoms with Crippen molar-refractivity contribution in [1.82, 2.24) is 9.78 Å². The van der Waals surface area contributed by atoms with Gasteiger partial charge in [-0.3, -0.25) is 9.59 Å². The minimum Gasteiger partial charge on any atom is -0.462 e. The average Bonchev–Trinajstić information content (AvgIpc) is 3.59. The van der Waals surface area contributed by atoms with E-state index >= 15 is 0 Å². The molecule has 0 saturated heterocycles. The Hall–Kier alpha value is -3.53. The summed E-state index contributed by atoms with van der Waals surface area (Å²) in [5.41, 5.74) is 0.920. The predicted octanol–water partition coefficient (Wildman–Crippen LogP) is 3.96. The van der Waals surface area contributed by atoms with Gasteiger partial charge in [-0.2, -0.15) is 5.10 Å². The molecule has 0 radical (unpaired) electrons. The molecule has 9 nitrogen and oxygen atoms in total. The summed E-state index contributed by atoms with van der Waals surface area (Å²) < 4.78 is 11.7. The third kappa shape index (κ3) is 5.43. The van der Waals surface area contributed by atoms with Crippen LogP contribution in [0.15, 0.2) is 34.4 Å². The number of nitrogens with one attached hydrogen (secondary N) is 1. The van der Waals surface area contributed by atoms with Crippen molar-refractivity contribution in [3.63, 3.8) is 0 Å². The lowest BCUT2D eigenvalue weighted by Crippen LogP contribution is -2.29. The largest absolute Gasteiger partial charge is 0.462 e. The first-order chi connectivity index (χ1) is 16.8. The van der Waals surface area contributed by atoms with Crippen molar-refractivity contribution in [1.29, 1.82) is 0 Å². The van der Waals surface area contributed by atoms with Crippen LogP contribution in [0.4, 0.5) is 5.00 Å². The molecule has 1 aliphatic rings. The maximum absolute atomic E-state index is 12.9. The molecule has 1 fully saturated rings. The number of benzene rings is 1. The summed E-state index contributed by atoms with van der Waals surface area (Å²) in [7, 11) is 0. The van der Waals surface area contributed by atoms with Crippen molar-refractivity contribution in [3.05, 3.63) is 56.8 Å². The molecule has 3 aromatic rings. The molecule has 1 aliphatic carbocycles. The molecule has 2 aromatic heterocycles. The van der Waals surface area contributed by atoms with Crippen LogP contribution in [0, 0.1) is 5.92 Å². The lowest BCUT2D eigenvalue weighted by molar-refractivity contribution is -0.119. The highest BCUT2D eigenvalue weighted by molar-refractivity contribution is 7.15. The van der Waals surface area contributed by atoms with Crippen LogP contribution in [-0.2, 0) is 20.8 Å². The van der Waals surface area contributed by atoms with Gasteiger partial charge >= 0.3 is 11.9 Å². The molecule has 184 valence electrons. The maximum Gasteiger partial charge on any atom is 0.359 e. The second-order valence-corrected chi connectivity index (χ2v) is 9.67. The van der Waals surface area contributed by atoms with Gasteiger partial charge in [-0.25, -0.2) is 14.3 Å². The van der Waals surface area contributed by atoms with Crippen molar-refractivity contribution in [2.75, 3.05) is 18.5 Å². The topological polar surface area (TPSA) is 117 Å². The summed E-state index contributed by atoms with van der Waals surface area (Å²) in [6.07, 6.45) is 1.99. The lowest BCUT2D eigenvalue weighted by atomic mass is 10.1. The summed E-state index contributed by atoms with van der Waals surface area (Å²) in [6.45, 7) is 5.59. The molecule has 2 heterocycles. The maximum atomic E-state index is 12.9. The van der Waals surface area contributed by atoms with Crippen LogP contribution in [0.2, 0.25) is 0 Å². The molecule has 10 heteroatoms. The standard InChI is InChI=1S/C25H27N3O6S/c1-4-33-24(31)20-18(15-9-10-15)13-35-22(20)26-19(29)12-34-25(32)21-16-7-5-6-8-17(16)23(30)28(27-21)11-14(2)3/h5-8,13-15H,4,9-12H2,1-3H3,(H,26,29). The smallest absolute Gasteiger partial charge is 0.359 e. The molecule has 0 atom stereocenters. The fraction of sp³-hybridized carbons (Fsp3) is 0.400. The van der Waals surface area contributed by atoms with Crippen molar-refractivity contribution >= 4 is 45.0 Å². The number of esters is 2. The van der Waals surface area contributed by atoms with E-state index < -0.39 is 24.5 Å². The Morgan fingerprint density at radius 2 is 1.86 bits per heavy atom. The number of rotatable bonds is 9. The molecule has 0 bridgehead atoms. The molecule has 4 rings (SSSR count). The van der Waals surface area contributed by atoms with Crippen LogP contribution in [0.3, 0.4) is 0 Å². The molecule has 0 spiro atoms. The minimum atomic E-state index is -0.815. The van der Waals surface area contributed by atoms with Gasteiger partial charge in [0, 0.05) is 11.9 Å². The van der Waals surface area contributed by atoms with E-state index in [9.17, 15) is 19.2 Å². The second-order valence-electron chi connectivity index (χ2n) is 8.79. The first kappa shape index (κ1) is 24.6. The van der Waals surface area contributed by atoms with E-state index in [4.69, 9.17) is 9.47 Å². The lowest BCUT2D eigenvalue weighted by Gasteiger charge is -2.12. The van der Waals surface area contributed by atoms with Crippen molar-refractivity contribution < 1.29 is 23.9 Å². The number of amides is 1. The van der Waals surface area contributed by atoms with Gasteiger partial charge in [0.2, 0.25) is 0 Å². The van der Waals surface area contributed by atoms with Crippen LogP contribution in [0.25, 0.3) is 10.8 Å². The number of fused-ring (bicyclic) bond motifs is 1. The third-order valence-electron chi connectivity index (χ3n) is 5.50. The van der Waals surface area contributed by atoms with Crippen LogP contribution in [0.5, 0.6) is 0 Å². The Labute approximate surface area is 206 Å². The number of hydrogen-bond acceptors (Lipinski definition) is 8. The van der Waals surface area contributed by atoms with E-state index in [2.05, 4.69) is 10.4 Å². The number of hydrogen-bond donors (Lipinski definition) is 1. The zero-order valence-corrected chi connectivity index (χ0v) is 20.6. The highest BCUT2D eigenvalue weighted by Crippen LogP contribution is 2.46. The highest BCUT2D eigenvalue weighted by Gasteiger charge is 2.32. The van der Waals surface area contributed by atoms with Crippen molar-refractivity contribution in [2.45, 2.75) is 46.1 Å². The Morgan fingerprint density at radius 3 is 2.51 bits per heavy atom. The number of carbonyl (C=O) groups excluding carboxylic acids is 3. The Kier molecular flexibility index (Phi) is 7.30. The molecular formula is C25H27N3O6S. The Morgan fingerprint density at radius 1 is 1.14 bits per heavy atom. The first-order valence-electron chi connectivity index (χ1n) is 11.6. The normalized spacial score (nSPS) is 13.1. The monoisotopic (exact) mass is 497 g/mol. The molecular weight excluding hydrogens is 470 g/mol. The van der Waals surface area contributed by atoms with Gasteiger partial charge in [0.25, 0.3) is 11.5 Å². The molecule has 0 aliphatic heterocycles. The Bertz CT molecular complexity index is 1340. The second kappa shape index (κ2) is 10.4. The van der Waals surface area contributed by atoms with Gasteiger partial charge in [0.05, 0.1) is 17.6 Å². The third-order valence-corrected chi connectivity index (χ3v) is 6.42. The number of carbonyl (C=O) groups is 3. The van der Waals surface area contributed by atoms with E-state index in [1.165, 1.54) is 16.0 Å². The van der Waals surface area contributed by atoms with Gasteiger partial charge in [-0.15, -0.1) is 11.3 Å². The van der Waals surface area contributed by atoms with Gasteiger partial charge in [0.1, 0.15) is 5.00 Å². The summed E-state index contributed by atoms with van der Waals surface area (Å²) in [5.74, 6) is -1.45. The summed E-state index contributed by atoms with van der Waals surface area (Å²) in [6, 6.07) is 6.66. The highest BCUT2D eigenvalue weighted by atomic mass is 32.1. The van der Waals surface area contributed by atoms with E-state index in [0.717, 1.165) is 18.4 Å². The molecule has 1 saturated carbocycles.